The second kappa shape index (κ2) is 12.0. The Kier molecular flexibility index (Phi) is 8.50. The summed E-state index contributed by atoms with van der Waals surface area (Å²) >= 11 is 1.23. The van der Waals surface area contributed by atoms with Crippen LogP contribution in [0.3, 0.4) is 0 Å². The number of rotatable bonds is 9. The monoisotopic (exact) mass is 547 g/mol. The highest BCUT2D eigenvalue weighted by atomic mass is 32.2. The molecule has 0 aliphatic heterocycles. The molecule has 2 aromatic heterocycles. The SMILES string of the molecule is COc1cc(OC)nc(Sc2ccccc2C(=O)Nc2ccc(CC(=O)Nc3cc(C(C)(C)C)on3)cc2)n1. The molecule has 0 saturated carbocycles. The van der Waals surface area contributed by atoms with Crippen LogP contribution in [0.15, 0.2) is 75.2 Å². The fourth-order valence-electron chi connectivity index (χ4n) is 3.44. The Hall–Kier alpha value is -4.38. The van der Waals surface area contributed by atoms with Crippen LogP contribution in [0, 0.1) is 0 Å². The molecule has 0 aliphatic rings. The topological polar surface area (TPSA) is 128 Å². The second-order valence-corrected chi connectivity index (χ2v) is 10.5. The van der Waals surface area contributed by atoms with Crippen molar-refractivity contribution in [1.82, 2.24) is 15.1 Å². The smallest absolute Gasteiger partial charge is 0.256 e. The van der Waals surface area contributed by atoms with E-state index in [4.69, 9.17) is 14.0 Å². The van der Waals surface area contributed by atoms with Gasteiger partial charge in [0.1, 0.15) is 5.76 Å². The molecule has 4 aromatic rings. The molecule has 2 N–H and O–H groups in total. The lowest BCUT2D eigenvalue weighted by Crippen LogP contribution is -2.15. The zero-order valence-corrected chi connectivity index (χ0v) is 23.1. The third kappa shape index (κ3) is 7.35. The standard InChI is InChI=1S/C28H29N5O5S/c1-28(2,3)21-15-22(33-38-21)30-23(34)14-17-10-12-18(13-11-17)29-26(35)19-8-6-7-9-20(19)39-27-31-24(36-4)16-25(32-27)37-5/h6-13,15-16H,14H2,1-5H3,(H,29,35)(H,30,33,34). The molecule has 4 rings (SSSR count). The van der Waals surface area contributed by atoms with Crippen molar-refractivity contribution < 1.29 is 23.6 Å². The molecule has 0 radical (unpaired) electrons. The molecular formula is C28H29N5O5S. The minimum Gasteiger partial charge on any atom is -0.481 e. The maximum absolute atomic E-state index is 13.1. The molecule has 11 heteroatoms. The Bertz CT molecular complexity index is 1440. The van der Waals surface area contributed by atoms with Crippen LogP contribution in [0.4, 0.5) is 11.5 Å². The Labute approximate surface area is 230 Å². The van der Waals surface area contributed by atoms with Crippen LogP contribution in [-0.4, -0.2) is 41.2 Å². The summed E-state index contributed by atoms with van der Waals surface area (Å²) in [5.74, 6) is 1.27. The van der Waals surface area contributed by atoms with Crippen molar-refractivity contribution >= 4 is 35.1 Å². The van der Waals surface area contributed by atoms with E-state index in [-0.39, 0.29) is 23.7 Å². The molecule has 0 atom stereocenters. The molecule has 2 heterocycles. The zero-order chi connectivity index (χ0) is 28.0. The van der Waals surface area contributed by atoms with Crippen molar-refractivity contribution in [3.63, 3.8) is 0 Å². The van der Waals surface area contributed by atoms with E-state index in [1.54, 1.807) is 48.5 Å². The molecule has 0 saturated heterocycles. The maximum Gasteiger partial charge on any atom is 0.256 e. The van der Waals surface area contributed by atoms with Gasteiger partial charge in [0.25, 0.3) is 5.91 Å². The van der Waals surface area contributed by atoms with E-state index in [1.165, 1.54) is 26.0 Å². The lowest BCUT2D eigenvalue weighted by molar-refractivity contribution is -0.115. The fourth-order valence-corrected chi connectivity index (χ4v) is 4.33. The number of hydrogen-bond acceptors (Lipinski definition) is 9. The van der Waals surface area contributed by atoms with E-state index in [0.717, 1.165) is 5.56 Å². The zero-order valence-electron chi connectivity index (χ0n) is 22.3. The van der Waals surface area contributed by atoms with Gasteiger partial charge in [0.05, 0.1) is 32.3 Å². The lowest BCUT2D eigenvalue weighted by atomic mass is 9.93. The highest BCUT2D eigenvalue weighted by Gasteiger charge is 2.20. The maximum atomic E-state index is 13.1. The number of benzene rings is 2. The largest absolute Gasteiger partial charge is 0.481 e. The summed E-state index contributed by atoms with van der Waals surface area (Å²) in [6.07, 6.45) is 0.148. The van der Waals surface area contributed by atoms with Crippen LogP contribution in [0.25, 0.3) is 0 Å². The van der Waals surface area contributed by atoms with Gasteiger partial charge in [-0.15, -0.1) is 0 Å². The highest BCUT2D eigenvalue weighted by molar-refractivity contribution is 7.99. The van der Waals surface area contributed by atoms with Crippen molar-refractivity contribution in [2.24, 2.45) is 0 Å². The van der Waals surface area contributed by atoms with Crippen molar-refractivity contribution in [2.45, 2.75) is 42.7 Å². The van der Waals surface area contributed by atoms with Crippen LogP contribution >= 0.6 is 11.8 Å². The summed E-state index contributed by atoms with van der Waals surface area (Å²) in [5, 5.41) is 9.95. The van der Waals surface area contributed by atoms with Gasteiger partial charge in [0, 0.05) is 22.1 Å². The molecule has 0 fully saturated rings. The molecule has 0 aliphatic carbocycles. The number of hydrogen-bond donors (Lipinski definition) is 2. The fraction of sp³-hybridized carbons (Fsp3) is 0.250. The number of aromatic nitrogens is 3. The molecule has 2 amide bonds. The summed E-state index contributed by atoms with van der Waals surface area (Å²) in [4.78, 5) is 34.9. The molecule has 202 valence electrons. The van der Waals surface area contributed by atoms with E-state index in [1.807, 2.05) is 32.9 Å². The van der Waals surface area contributed by atoms with Gasteiger partial charge in [-0.3, -0.25) is 9.59 Å². The van der Waals surface area contributed by atoms with E-state index in [2.05, 4.69) is 25.8 Å². The summed E-state index contributed by atoms with van der Waals surface area (Å²) in [5.41, 5.74) is 1.63. The van der Waals surface area contributed by atoms with Crippen molar-refractivity contribution in [2.75, 3.05) is 24.9 Å². The predicted molar refractivity (Wildman–Crippen MR) is 148 cm³/mol. The van der Waals surface area contributed by atoms with Crippen LogP contribution in [0.5, 0.6) is 11.8 Å². The van der Waals surface area contributed by atoms with Crippen LogP contribution in [0.2, 0.25) is 0 Å². The Balaban J connectivity index is 1.39. The van der Waals surface area contributed by atoms with E-state index in [0.29, 0.717) is 44.6 Å². The Morgan fingerprint density at radius 3 is 2.21 bits per heavy atom. The second-order valence-electron chi connectivity index (χ2n) is 9.54. The average Bonchev–Trinajstić information content (AvgIpc) is 3.39. The van der Waals surface area contributed by atoms with Gasteiger partial charge in [-0.1, -0.05) is 50.2 Å². The highest BCUT2D eigenvalue weighted by Crippen LogP contribution is 2.31. The molecule has 10 nitrogen and oxygen atoms in total. The van der Waals surface area contributed by atoms with Gasteiger partial charge in [0.2, 0.25) is 17.7 Å². The van der Waals surface area contributed by atoms with Crippen LogP contribution in [0.1, 0.15) is 42.5 Å². The van der Waals surface area contributed by atoms with Gasteiger partial charge in [-0.2, -0.15) is 9.97 Å². The summed E-state index contributed by atoms with van der Waals surface area (Å²) < 4.78 is 15.7. The third-order valence-electron chi connectivity index (χ3n) is 5.50. The number of methoxy groups -OCH3 is 2. The van der Waals surface area contributed by atoms with Crippen molar-refractivity contribution in [3.05, 3.63) is 77.6 Å². The minimum atomic E-state index is -0.292. The molecule has 2 aromatic carbocycles. The number of amides is 2. The first-order valence-electron chi connectivity index (χ1n) is 12.1. The minimum absolute atomic E-state index is 0.148. The first-order valence-corrected chi connectivity index (χ1v) is 12.9. The Morgan fingerprint density at radius 2 is 1.59 bits per heavy atom. The van der Waals surface area contributed by atoms with Gasteiger partial charge in [-0.05, 0) is 41.6 Å². The number of carbonyl (C=O) groups excluding carboxylic acids is 2. The summed E-state index contributed by atoms with van der Waals surface area (Å²) in [6, 6.07) is 17.5. The first kappa shape index (κ1) is 27.6. The van der Waals surface area contributed by atoms with E-state index < -0.39 is 0 Å². The van der Waals surface area contributed by atoms with Gasteiger partial charge >= 0.3 is 0 Å². The van der Waals surface area contributed by atoms with Crippen LogP contribution in [-0.2, 0) is 16.6 Å². The summed E-state index contributed by atoms with van der Waals surface area (Å²) in [6.45, 7) is 6.01. The summed E-state index contributed by atoms with van der Waals surface area (Å²) in [7, 11) is 3.02. The quantitative estimate of drug-likeness (QED) is 0.266. The predicted octanol–water partition coefficient (Wildman–Crippen LogP) is 5.36. The molecule has 0 bridgehead atoms. The number of nitrogens with one attached hydrogen (secondary N) is 2. The van der Waals surface area contributed by atoms with E-state index in [9.17, 15) is 9.59 Å². The van der Waals surface area contributed by atoms with Gasteiger partial charge in [-0.25, -0.2) is 0 Å². The molecule has 39 heavy (non-hydrogen) atoms. The third-order valence-corrected chi connectivity index (χ3v) is 6.44. The number of ether oxygens (including phenoxy) is 2. The number of carbonyl (C=O) groups is 2. The first-order chi connectivity index (χ1) is 18.6. The van der Waals surface area contributed by atoms with Crippen molar-refractivity contribution in [3.8, 4) is 11.8 Å². The van der Waals surface area contributed by atoms with Gasteiger partial charge < -0.3 is 24.6 Å². The molecule has 0 unspecified atom stereocenters. The number of anilines is 2. The van der Waals surface area contributed by atoms with Crippen molar-refractivity contribution in [1.29, 1.82) is 0 Å². The lowest BCUT2D eigenvalue weighted by Gasteiger charge is -2.12. The Morgan fingerprint density at radius 1 is 0.923 bits per heavy atom. The normalized spacial score (nSPS) is 11.1. The molecule has 0 spiro atoms. The molecular weight excluding hydrogens is 518 g/mol. The number of nitrogens with zero attached hydrogens (tertiary/aromatic N) is 3. The van der Waals surface area contributed by atoms with Gasteiger partial charge in [0.15, 0.2) is 11.0 Å². The van der Waals surface area contributed by atoms with E-state index >= 15 is 0 Å². The average molecular weight is 548 g/mol. The van der Waals surface area contributed by atoms with Crippen LogP contribution < -0.4 is 20.1 Å².